The van der Waals surface area contributed by atoms with Gasteiger partial charge in [-0.15, -0.1) is 0 Å². The normalized spacial score (nSPS) is 13.9. The Balaban J connectivity index is 1.35. The fourth-order valence-corrected chi connectivity index (χ4v) is 5.55. The van der Waals surface area contributed by atoms with Crippen molar-refractivity contribution >= 4 is 57.1 Å². The van der Waals surface area contributed by atoms with E-state index in [-0.39, 0.29) is 5.56 Å². The third kappa shape index (κ3) is 5.86. The molecule has 1 fully saturated rings. The topological polar surface area (TPSA) is 78.3 Å². The Morgan fingerprint density at radius 3 is 2.27 bits per heavy atom. The summed E-state index contributed by atoms with van der Waals surface area (Å²) < 4.78 is 1.47. The third-order valence-electron chi connectivity index (χ3n) is 7.25. The molecule has 1 aliphatic rings. The number of likely N-dealkylation sites (N-methyl/N-ethyl adjacent to an activating group) is 1. The van der Waals surface area contributed by atoms with Crippen LogP contribution in [0, 0.1) is 0 Å². The van der Waals surface area contributed by atoms with Crippen LogP contribution in [0.2, 0.25) is 10.0 Å². The zero-order valence-electron chi connectivity index (χ0n) is 22.5. The molecule has 208 valence electrons. The van der Waals surface area contributed by atoms with Crippen molar-refractivity contribution in [1.82, 2.24) is 19.4 Å². The smallest absolute Gasteiger partial charge is 0.266 e. The van der Waals surface area contributed by atoms with Gasteiger partial charge in [-0.1, -0.05) is 47.5 Å². The van der Waals surface area contributed by atoms with Gasteiger partial charge in [0.1, 0.15) is 0 Å². The average molecular weight is 587 g/mol. The van der Waals surface area contributed by atoms with Gasteiger partial charge in [-0.2, -0.15) is 0 Å². The van der Waals surface area contributed by atoms with Gasteiger partial charge in [-0.25, -0.2) is 9.97 Å². The molecule has 0 amide bonds. The molecule has 0 spiro atoms. The molecule has 2 N–H and O–H groups in total. The summed E-state index contributed by atoms with van der Waals surface area (Å²) in [4.78, 5) is 27.7. The molecular formula is C31H29Cl2N7O. The summed E-state index contributed by atoms with van der Waals surface area (Å²) in [6.07, 6.45) is 3.30. The fourth-order valence-electron chi connectivity index (χ4n) is 4.97. The zero-order chi connectivity index (χ0) is 28.3. The first-order chi connectivity index (χ1) is 20.0. The van der Waals surface area contributed by atoms with Crippen molar-refractivity contribution in [2.75, 3.05) is 48.8 Å². The molecule has 6 rings (SSSR count). The van der Waals surface area contributed by atoms with E-state index in [0.29, 0.717) is 39.1 Å². The van der Waals surface area contributed by atoms with Gasteiger partial charge in [0.15, 0.2) is 0 Å². The minimum absolute atomic E-state index is 0.304. The van der Waals surface area contributed by atoms with Crippen LogP contribution in [-0.2, 0) is 6.54 Å². The van der Waals surface area contributed by atoms with Crippen LogP contribution < -0.4 is 21.1 Å². The lowest BCUT2D eigenvalue weighted by Gasteiger charge is -2.34. The van der Waals surface area contributed by atoms with E-state index in [4.69, 9.17) is 28.2 Å². The number of hydrogen-bond acceptors (Lipinski definition) is 7. The standard InChI is InChI=1S/C31H29Cl2N7O/c1-38-14-16-39(17-15-38)24-12-10-23(11-13-24)36-31-35-19-25-28(37-31)21(18-34-22-6-3-2-4-7-22)20-40(30(25)41)29-26(32)8-5-9-27(29)33/h2-13,19-20,34H,14-18H2,1H3,(H,35,36,37). The van der Waals surface area contributed by atoms with Crippen LogP contribution >= 0.6 is 23.2 Å². The van der Waals surface area contributed by atoms with E-state index in [1.807, 2.05) is 42.5 Å². The average Bonchev–Trinajstić information content (AvgIpc) is 2.99. The van der Waals surface area contributed by atoms with Crippen molar-refractivity contribution in [3.8, 4) is 5.69 Å². The number of rotatable bonds is 7. The first-order valence-corrected chi connectivity index (χ1v) is 14.2. The SMILES string of the molecule is CN1CCN(c2ccc(Nc3ncc4c(=O)n(-c5c(Cl)cccc5Cl)cc(CNc5ccccc5)c4n3)cc2)CC1. The molecule has 0 aliphatic carbocycles. The van der Waals surface area contributed by atoms with E-state index in [1.165, 1.54) is 10.3 Å². The molecule has 0 unspecified atom stereocenters. The number of para-hydroxylation sites is 2. The van der Waals surface area contributed by atoms with Gasteiger partial charge in [0.2, 0.25) is 5.95 Å². The molecule has 10 heteroatoms. The molecule has 5 aromatic rings. The monoisotopic (exact) mass is 585 g/mol. The van der Waals surface area contributed by atoms with Gasteiger partial charge in [-0.05, 0) is 55.6 Å². The molecule has 8 nitrogen and oxygen atoms in total. The van der Waals surface area contributed by atoms with Gasteiger partial charge >= 0.3 is 0 Å². The number of aromatic nitrogens is 3. The number of pyridine rings is 1. The first kappa shape index (κ1) is 27.1. The lowest BCUT2D eigenvalue weighted by atomic mass is 10.1. The Hall–Kier alpha value is -4.11. The van der Waals surface area contributed by atoms with Crippen LogP contribution in [0.4, 0.5) is 23.0 Å². The second-order valence-electron chi connectivity index (χ2n) is 10.0. The lowest BCUT2D eigenvalue weighted by Crippen LogP contribution is -2.44. The predicted molar refractivity (Wildman–Crippen MR) is 168 cm³/mol. The fraction of sp³-hybridized carbons (Fsp3) is 0.194. The van der Waals surface area contributed by atoms with Crippen molar-refractivity contribution in [2.24, 2.45) is 0 Å². The van der Waals surface area contributed by atoms with Crippen LogP contribution in [0.25, 0.3) is 16.6 Å². The molecule has 0 radical (unpaired) electrons. The van der Waals surface area contributed by atoms with Crippen molar-refractivity contribution in [1.29, 1.82) is 0 Å². The Morgan fingerprint density at radius 1 is 0.854 bits per heavy atom. The van der Waals surface area contributed by atoms with E-state index in [9.17, 15) is 4.79 Å². The van der Waals surface area contributed by atoms with Crippen molar-refractivity contribution < 1.29 is 0 Å². The number of fused-ring (bicyclic) bond motifs is 1. The Bertz CT molecular complexity index is 1710. The quantitative estimate of drug-likeness (QED) is 0.235. The van der Waals surface area contributed by atoms with Gasteiger partial charge in [-0.3, -0.25) is 9.36 Å². The third-order valence-corrected chi connectivity index (χ3v) is 7.86. The maximum Gasteiger partial charge on any atom is 0.266 e. The highest BCUT2D eigenvalue weighted by molar-refractivity contribution is 6.37. The van der Waals surface area contributed by atoms with Crippen molar-refractivity contribution in [2.45, 2.75) is 6.54 Å². The number of nitrogens with one attached hydrogen (secondary N) is 2. The Morgan fingerprint density at radius 2 is 1.56 bits per heavy atom. The molecule has 3 aromatic carbocycles. The van der Waals surface area contributed by atoms with Crippen LogP contribution in [0.15, 0.2) is 90.0 Å². The number of hydrogen-bond donors (Lipinski definition) is 2. The summed E-state index contributed by atoms with van der Waals surface area (Å²) in [7, 11) is 2.15. The highest BCUT2D eigenvalue weighted by Crippen LogP contribution is 2.29. The summed E-state index contributed by atoms with van der Waals surface area (Å²) in [5, 5.41) is 7.83. The van der Waals surface area contributed by atoms with E-state index in [0.717, 1.165) is 43.1 Å². The highest BCUT2D eigenvalue weighted by atomic mass is 35.5. The van der Waals surface area contributed by atoms with Crippen molar-refractivity contribution in [3.05, 3.63) is 111 Å². The summed E-state index contributed by atoms with van der Waals surface area (Å²) in [5.74, 6) is 0.402. The minimum atomic E-state index is -0.304. The molecule has 3 heterocycles. The molecule has 0 atom stereocenters. The maximum absolute atomic E-state index is 13.7. The lowest BCUT2D eigenvalue weighted by molar-refractivity contribution is 0.313. The second kappa shape index (κ2) is 11.8. The first-order valence-electron chi connectivity index (χ1n) is 13.4. The predicted octanol–water partition coefficient (Wildman–Crippen LogP) is 6.20. The van der Waals surface area contributed by atoms with Crippen molar-refractivity contribution in [3.63, 3.8) is 0 Å². The summed E-state index contributed by atoms with van der Waals surface area (Å²) >= 11 is 13.0. The molecule has 41 heavy (non-hydrogen) atoms. The van der Waals surface area contributed by atoms with Gasteiger partial charge < -0.3 is 20.4 Å². The Labute approximate surface area is 248 Å². The number of piperazine rings is 1. The molecule has 0 bridgehead atoms. The van der Waals surface area contributed by atoms with Crippen LogP contribution in [0.1, 0.15) is 5.56 Å². The van der Waals surface area contributed by atoms with E-state index >= 15 is 0 Å². The van der Waals surface area contributed by atoms with Crippen LogP contribution in [0.5, 0.6) is 0 Å². The zero-order valence-corrected chi connectivity index (χ0v) is 24.0. The second-order valence-corrected chi connectivity index (χ2v) is 10.9. The molecule has 1 saturated heterocycles. The van der Waals surface area contributed by atoms with Gasteiger partial charge in [0.05, 0.1) is 26.6 Å². The number of halogens is 2. The number of benzene rings is 3. The number of anilines is 4. The summed E-state index contributed by atoms with van der Waals surface area (Å²) in [5.41, 5.74) is 4.45. The van der Waals surface area contributed by atoms with E-state index in [2.05, 4.69) is 44.6 Å². The molecular weight excluding hydrogens is 557 g/mol. The highest BCUT2D eigenvalue weighted by Gasteiger charge is 2.18. The number of nitrogens with zero attached hydrogens (tertiary/aromatic N) is 5. The van der Waals surface area contributed by atoms with Crippen LogP contribution in [-0.4, -0.2) is 52.7 Å². The minimum Gasteiger partial charge on any atom is -0.381 e. The van der Waals surface area contributed by atoms with Gasteiger partial charge in [0, 0.05) is 67.7 Å². The van der Waals surface area contributed by atoms with E-state index < -0.39 is 0 Å². The summed E-state index contributed by atoms with van der Waals surface area (Å²) in [6.45, 7) is 4.54. The van der Waals surface area contributed by atoms with Gasteiger partial charge in [0.25, 0.3) is 5.56 Å². The molecule has 1 aliphatic heterocycles. The van der Waals surface area contributed by atoms with Crippen LogP contribution in [0.3, 0.4) is 0 Å². The molecule has 0 saturated carbocycles. The van der Waals surface area contributed by atoms with E-state index in [1.54, 1.807) is 30.6 Å². The summed E-state index contributed by atoms with van der Waals surface area (Å²) in [6, 6.07) is 23.3. The maximum atomic E-state index is 13.7. The Kier molecular flexibility index (Phi) is 7.78. The molecule has 2 aromatic heterocycles. The largest absolute Gasteiger partial charge is 0.381 e.